The minimum absolute atomic E-state index is 0.0539. The predicted octanol–water partition coefficient (Wildman–Crippen LogP) is 0.0457. The molecule has 2 heterocycles. The lowest BCUT2D eigenvalue weighted by molar-refractivity contribution is 0.225. The molecule has 0 amide bonds. The lowest BCUT2D eigenvalue weighted by Gasteiger charge is -2.14. The van der Waals surface area contributed by atoms with E-state index in [-0.39, 0.29) is 11.8 Å². The molecule has 3 N–H and O–H groups in total. The van der Waals surface area contributed by atoms with Crippen LogP contribution in [-0.2, 0) is 0 Å². The molecule has 2 rings (SSSR count). The molecule has 1 fully saturated rings. The first-order valence-corrected chi connectivity index (χ1v) is 5.95. The van der Waals surface area contributed by atoms with Gasteiger partial charge in [0.1, 0.15) is 12.3 Å². The Morgan fingerprint density at radius 1 is 1.50 bits per heavy atom. The van der Waals surface area contributed by atoms with E-state index in [1.54, 1.807) is 6.07 Å². The molecular weight excluding hydrogens is 234 g/mol. The van der Waals surface area contributed by atoms with Gasteiger partial charge in [0.05, 0.1) is 0 Å². The Morgan fingerprint density at radius 3 is 3.00 bits per heavy atom. The third-order valence-corrected chi connectivity index (χ3v) is 2.84. The maximum Gasteiger partial charge on any atom is 0.317 e. The van der Waals surface area contributed by atoms with Crippen molar-refractivity contribution in [2.45, 2.75) is 12.8 Å². The van der Waals surface area contributed by atoms with Crippen LogP contribution in [0.4, 0.5) is 0 Å². The Bertz CT molecular complexity index is 418. The normalized spacial score (nSPS) is 17.0. The first kappa shape index (κ1) is 12.6. The van der Waals surface area contributed by atoms with Gasteiger partial charge < -0.3 is 15.7 Å². The van der Waals surface area contributed by atoms with E-state index in [1.807, 2.05) is 0 Å². The van der Waals surface area contributed by atoms with Crippen molar-refractivity contribution in [3.8, 4) is 6.01 Å². The lowest BCUT2D eigenvalue weighted by Crippen LogP contribution is -2.25. The summed E-state index contributed by atoms with van der Waals surface area (Å²) in [5.41, 5.74) is 5.79. The highest BCUT2D eigenvalue weighted by Crippen LogP contribution is 2.07. The molecule has 18 heavy (non-hydrogen) atoms. The molecule has 7 nitrogen and oxygen atoms in total. The van der Waals surface area contributed by atoms with Gasteiger partial charge >= 0.3 is 6.01 Å². The Labute approximate surface area is 105 Å². The highest BCUT2D eigenvalue weighted by Gasteiger charge is 2.11. The number of ether oxygens (including phenoxy) is 1. The van der Waals surface area contributed by atoms with E-state index in [2.05, 4.69) is 20.0 Å². The van der Waals surface area contributed by atoms with E-state index in [4.69, 9.17) is 15.7 Å². The van der Waals surface area contributed by atoms with E-state index in [1.165, 1.54) is 19.0 Å². The molecule has 1 aromatic heterocycles. The zero-order valence-electron chi connectivity index (χ0n) is 10.1. The first-order chi connectivity index (χ1) is 8.79. The molecule has 0 saturated carbocycles. The molecule has 0 atom stereocenters. The number of nitrogens with two attached hydrogens (primary N) is 1. The van der Waals surface area contributed by atoms with E-state index in [9.17, 15) is 0 Å². The average molecular weight is 251 g/mol. The SMILES string of the molecule is N/C(=N/O)c1ccnc(OCCN2CCCC2)n1. The maximum absolute atomic E-state index is 8.55. The van der Waals surface area contributed by atoms with Crippen molar-refractivity contribution in [2.75, 3.05) is 26.2 Å². The molecule has 0 aromatic carbocycles. The van der Waals surface area contributed by atoms with Crippen LogP contribution in [0.3, 0.4) is 0 Å². The van der Waals surface area contributed by atoms with E-state index >= 15 is 0 Å². The van der Waals surface area contributed by atoms with Gasteiger partial charge in [-0.2, -0.15) is 4.98 Å². The van der Waals surface area contributed by atoms with Crippen LogP contribution in [0.15, 0.2) is 17.4 Å². The molecule has 1 aliphatic rings. The molecule has 1 aliphatic heterocycles. The highest BCUT2D eigenvalue weighted by molar-refractivity contribution is 5.95. The second-order valence-corrected chi connectivity index (χ2v) is 4.11. The number of oxime groups is 1. The summed E-state index contributed by atoms with van der Waals surface area (Å²) >= 11 is 0. The number of rotatable bonds is 5. The molecule has 0 radical (unpaired) electrons. The molecule has 1 aromatic rings. The molecule has 0 bridgehead atoms. The smallest absolute Gasteiger partial charge is 0.317 e. The lowest BCUT2D eigenvalue weighted by atomic mass is 10.4. The zero-order valence-corrected chi connectivity index (χ0v) is 10.1. The maximum atomic E-state index is 8.55. The Morgan fingerprint density at radius 2 is 2.28 bits per heavy atom. The predicted molar refractivity (Wildman–Crippen MR) is 65.7 cm³/mol. The quantitative estimate of drug-likeness (QED) is 0.332. The zero-order chi connectivity index (χ0) is 12.8. The summed E-state index contributed by atoms with van der Waals surface area (Å²) in [7, 11) is 0. The number of hydrogen-bond donors (Lipinski definition) is 2. The summed E-state index contributed by atoms with van der Waals surface area (Å²) in [6.45, 7) is 3.68. The molecular formula is C11H17N5O2. The number of hydrogen-bond acceptors (Lipinski definition) is 6. The molecule has 1 saturated heterocycles. The second kappa shape index (κ2) is 6.15. The minimum Gasteiger partial charge on any atom is -0.462 e. The van der Waals surface area contributed by atoms with Gasteiger partial charge in [-0.25, -0.2) is 4.98 Å². The first-order valence-electron chi connectivity index (χ1n) is 5.95. The van der Waals surface area contributed by atoms with Gasteiger partial charge in [-0.1, -0.05) is 5.16 Å². The second-order valence-electron chi connectivity index (χ2n) is 4.11. The fraction of sp³-hybridized carbons (Fsp3) is 0.545. The fourth-order valence-corrected chi connectivity index (χ4v) is 1.88. The van der Waals surface area contributed by atoms with Crippen LogP contribution in [0.25, 0.3) is 0 Å². The van der Waals surface area contributed by atoms with Gasteiger partial charge in [-0.3, -0.25) is 4.90 Å². The van der Waals surface area contributed by atoms with Crippen LogP contribution >= 0.6 is 0 Å². The van der Waals surface area contributed by atoms with Crippen LogP contribution in [0, 0.1) is 0 Å². The largest absolute Gasteiger partial charge is 0.462 e. The standard InChI is InChI=1S/C11H17N5O2/c12-10(15-17)9-3-4-13-11(14-9)18-8-7-16-5-1-2-6-16/h3-4,17H,1-2,5-8H2,(H2,12,15). The van der Waals surface area contributed by atoms with E-state index in [0.29, 0.717) is 12.3 Å². The number of aromatic nitrogens is 2. The van der Waals surface area contributed by atoms with Gasteiger partial charge in [0.25, 0.3) is 0 Å². The topological polar surface area (TPSA) is 96.9 Å². The summed E-state index contributed by atoms with van der Waals surface area (Å²) in [5.74, 6) is -0.0539. The fourth-order valence-electron chi connectivity index (χ4n) is 1.88. The van der Waals surface area contributed by atoms with Crippen molar-refractivity contribution in [1.29, 1.82) is 0 Å². The van der Waals surface area contributed by atoms with Gasteiger partial charge in [0.15, 0.2) is 5.84 Å². The van der Waals surface area contributed by atoms with Crippen molar-refractivity contribution in [1.82, 2.24) is 14.9 Å². The van der Waals surface area contributed by atoms with Crippen molar-refractivity contribution < 1.29 is 9.94 Å². The van der Waals surface area contributed by atoms with Crippen LogP contribution in [-0.4, -0.2) is 52.2 Å². The van der Waals surface area contributed by atoms with Crippen molar-refractivity contribution >= 4 is 5.84 Å². The molecule has 98 valence electrons. The Hall–Kier alpha value is -1.89. The Kier molecular flexibility index (Phi) is 4.30. The van der Waals surface area contributed by atoms with E-state index in [0.717, 1.165) is 19.6 Å². The third kappa shape index (κ3) is 3.30. The number of amidine groups is 1. The van der Waals surface area contributed by atoms with Crippen LogP contribution in [0.1, 0.15) is 18.5 Å². The molecule has 0 spiro atoms. The monoisotopic (exact) mass is 251 g/mol. The van der Waals surface area contributed by atoms with Gasteiger partial charge in [-0.05, 0) is 32.0 Å². The van der Waals surface area contributed by atoms with Gasteiger partial charge in [-0.15, -0.1) is 0 Å². The summed E-state index contributed by atoms with van der Waals surface area (Å²) < 4.78 is 5.45. The van der Waals surface area contributed by atoms with E-state index < -0.39 is 0 Å². The number of nitrogens with zero attached hydrogens (tertiary/aromatic N) is 4. The summed E-state index contributed by atoms with van der Waals surface area (Å²) in [6.07, 6.45) is 4.04. The molecule has 0 unspecified atom stereocenters. The molecule has 7 heteroatoms. The van der Waals surface area contributed by atoms with Crippen molar-refractivity contribution in [3.63, 3.8) is 0 Å². The molecule has 0 aliphatic carbocycles. The third-order valence-electron chi connectivity index (χ3n) is 2.84. The minimum atomic E-state index is -0.0539. The Balaban J connectivity index is 1.85. The summed E-state index contributed by atoms with van der Waals surface area (Å²) in [5, 5.41) is 11.4. The van der Waals surface area contributed by atoms with Crippen LogP contribution in [0.2, 0.25) is 0 Å². The van der Waals surface area contributed by atoms with Crippen molar-refractivity contribution in [3.05, 3.63) is 18.0 Å². The van der Waals surface area contributed by atoms with Gasteiger partial charge in [0, 0.05) is 12.7 Å². The van der Waals surface area contributed by atoms with Crippen LogP contribution in [0.5, 0.6) is 6.01 Å². The summed E-state index contributed by atoms with van der Waals surface area (Å²) in [6, 6.07) is 1.81. The van der Waals surface area contributed by atoms with Crippen molar-refractivity contribution in [2.24, 2.45) is 10.9 Å². The van der Waals surface area contributed by atoms with Gasteiger partial charge in [0.2, 0.25) is 0 Å². The highest BCUT2D eigenvalue weighted by atomic mass is 16.5. The number of likely N-dealkylation sites (tertiary alicyclic amines) is 1. The summed E-state index contributed by atoms with van der Waals surface area (Å²) in [4.78, 5) is 10.4. The average Bonchev–Trinajstić information content (AvgIpc) is 2.91. The van der Waals surface area contributed by atoms with Crippen LogP contribution < -0.4 is 10.5 Å².